The fourth-order valence-electron chi connectivity index (χ4n) is 4.00. The van der Waals surface area contributed by atoms with Gasteiger partial charge < -0.3 is 4.74 Å². The Morgan fingerprint density at radius 2 is 1.29 bits per heavy atom. The molecule has 1 unspecified atom stereocenters. The largest absolute Gasteiger partial charge is 0.432 e. The lowest BCUT2D eigenvalue weighted by Crippen LogP contribution is -2.25. The summed E-state index contributed by atoms with van der Waals surface area (Å²) in [6.07, 6.45) is -3.43. The standard InChI is InChI=1S/C25H15F9O/c1-11-4-12-2-3-13(6-14(12)5-11)22(30)23(31)15-7-17(26)21(18(27)8-15)25(33,34)35-16-9-19(28)24(32)20(29)10-16/h2-3,6-11H,4-5H2,1H3. The van der Waals surface area contributed by atoms with Gasteiger partial charge in [-0.05, 0) is 48.1 Å². The molecule has 3 aromatic carbocycles. The Bertz CT molecular complexity index is 1300. The molecule has 0 heterocycles. The van der Waals surface area contributed by atoms with E-state index >= 15 is 0 Å². The minimum absolute atomic E-state index is 0.0473. The highest BCUT2D eigenvalue weighted by Gasteiger charge is 2.42. The zero-order chi connectivity index (χ0) is 25.7. The van der Waals surface area contributed by atoms with E-state index in [0.717, 1.165) is 17.5 Å². The van der Waals surface area contributed by atoms with Gasteiger partial charge in [-0.1, -0.05) is 19.1 Å². The highest BCUT2D eigenvalue weighted by atomic mass is 19.3. The van der Waals surface area contributed by atoms with Crippen LogP contribution in [-0.4, -0.2) is 0 Å². The Kier molecular flexibility index (Phi) is 6.33. The highest BCUT2D eigenvalue weighted by Crippen LogP contribution is 2.39. The molecule has 1 nitrogen and oxygen atoms in total. The molecule has 0 fully saturated rings. The Hall–Kier alpha value is -3.43. The smallest absolute Gasteiger partial charge is 0.429 e. The Morgan fingerprint density at radius 1 is 0.743 bits per heavy atom. The third-order valence-electron chi connectivity index (χ3n) is 5.58. The van der Waals surface area contributed by atoms with Crippen LogP contribution in [0, 0.1) is 35.0 Å². The molecule has 0 saturated heterocycles. The van der Waals surface area contributed by atoms with Gasteiger partial charge in [0, 0.05) is 23.3 Å². The maximum Gasteiger partial charge on any atom is 0.432 e. The van der Waals surface area contributed by atoms with Gasteiger partial charge in [0.15, 0.2) is 29.1 Å². The first-order valence-electron chi connectivity index (χ1n) is 10.3. The summed E-state index contributed by atoms with van der Waals surface area (Å²) >= 11 is 0. The number of fused-ring (bicyclic) bond motifs is 1. The van der Waals surface area contributed by atoms with Crippen LogP contribution in [0.25, 0.3) is 11.7 Å². The normalized spacial score (nSPS) is 16.2. The van der Waals surface area contributed by atoms with Crippen LogP contribution in [0.5, 0.6) is 5.75 Å². The van der Waals surface area contributed by atoms with E-state index in [1.54, 1.807) is 6.07 Å². The first kappa shape index (κ1) is 24.7. The summed E-state index contributed by atoms with van der Waals surface area (Å²) in [6.45, 7) is 1.99. The average Bonchev–Trinajstić information content (AvgIpc) is 3.14. The first-order valence-corrected chi connectivity index (χ1v) is 10.3. The van der Waals surface area contributed by atoms with Crippen LogP contribution in [0.2, 0.25) is 0 Å². The van der Waals surface area contributed by atoms with Gasteiger partial charge in [-0.3, -0.25) is 0 Å². The van der Waals surface area contributed by atoms with Crippen molar-refractivity contribution in [3.05, 3.63) is 99.4 Å². The molecule has 0 N–H and O–H groups in total. The molecule has 0 bridgehead atoms. The van der Waals surface area contributed by atoms with Gasteiger partial charge in [0.05, 0.1) is 0 Å². The molecular formula is C25H15F9O. The SMILES string of the molecule is CC1Cc2ccc(C(F)=C(F)c3cc(F)c(C(F)(F)Oc4cc(F)c(F)c(F)c4)c(F)c3)cc2C1. The lowest BCUT2D eigenvalue weighted by Gasteiger charge is -2.20. The second kappa shape index (κ2) is 8.98. The second-order valence-corrected chi connectivity index (χ2v) is 8.26. The van der Waals surface area contributed by atoms with Crippen molar-refractivity contribution < 1.29 is 44.3 Å². The third kappa shape index (κ3) is 4.74. The van der Waals surface area contributed by atoms with Crippen molar-refractivity contribution in [1.29, 1.82) is 0 Å². The van der Waals surface area contributed by atoms with Crippen LogP contribution < -0.4 is 4.74 Å². The number of benzene rings is 3. The topological polar surface area (TPSA) is 9.23 Å². The van der Waals surface area contributed by atoms with E-state index in [-0.39, 0.29) is 29.8 Å². The van der Waals surface area contributed by atoms with E-state index in [2.05, 4.69) is 4.74 Å². The van der Waals surface area contributed by atoms with Crippen LogP contribution in [0.15, 0.2) is 42.5 Å². The summed E-state index contributed by atoms with van der Waals surface area (Å²) in [5.74, 6) is -13.8. The van der Waals surface area contributed by atoms with Gasteiger partial charge in [-0.25, -0.2) is 30.7 Å². The number of hydrogen-bond acceptors (Lipinski definition) is 1. The van der Waals surface area contributed by atoms with Gasteiger partial charge in [0.2, 0.25) is 0 Å². The van der Waals surface area contributed by atoms with Crippen molar-refractivity contribution in [1.82, 2.24) is 0 Å². The molecule has 1 aliphatic carbocycles. The highest BCUT2D eigenvalue weighted by molar-refractivity contribution is 5.83. The molecule has 4 rings (SSSR count). The summed E-state index contributed by atoms with van der Waals surface area (Å²) in [5.41, 5.74) is -1.43. The molecule has 0 spiro atoms. The van der Waals surface area contributed by atoms with Crippen LogP contribution in [-0.2, 0) is 19.0 Å². The van der Waals surface area contributed by atoms with E-state index in [4.69, 9.17) is 0 Å². The monoisotopic (exact) mass is 502 g/mol. The van der Waals surface area contributed by atoms with Crippen molar-refractivity contribution in [2.45, 2.75) is 25.9 Å². The molecule has 0 saturated carbocycles. The maximum absolute atomic E-state index is 14.8. The molecule has 3 aromatic rings. The van der Waals surface area contributed by atoms with E-state index < -0.39 is 63.7 Å². The fourth-order valence-corrected chi connectivity index (χ4v) is 4.00. The third-order valence-corrected chi connectivity index (χ3v) is 5.58. The van der Waals surface area contributed by atoms with Gasteiger partial charge in [-0.2, -0.15) is 8.78 Å². The van der Waals surface area contributed by atoms with Gasteiger partial charge >= 0.3 is 6.11 Å². The van der Waals surface area contributed by atoms with Crippen molar-refractivity contribution in [3.8, 4) is 5.75 Å². The van der Waals surface area contributed by atoms with Crippen molar-refractivity contribution in [3.63, 3.8) is 0 Å². The molecule has 1 aliphatic rings. The molecule has 0 amide bonds. The zero-order valence-electron chi connectivity index (χ0n) is 17.8. The van der Waals surface area contributed by atoms with Gasteiger partial charge in [-0.15, -0.1) is 0 Å². The predicted octanol–water partition coefficient (Wildman–Crippen LogP) is 8.01. The second-order valence-electron chi connectivity index (χ2n) is 8.26. The molecular weight excluding hydrogens is 487 g/mol. The number of rotatable bonds is 5. The Balaban J connectivity index is 1.67. The van der Waals surface area contributed by atoms with Crippen molar-refractivity contribution in [2.24, 2.45) is 5.92 Å². The first-order chi connectivity index (χ1) is 16.4. The fraction of sp³-hybridized carbons (Fsp3) is 0.200. The summed E-state index contributed by atoms with van der Waals surface area (Å²) in [5, 5.41) is 0. The molecule has 1 atom stereocenters. The van der Waals surface area contributed by atoms with E-state index in [1.807, 2.05) is 6.92 Å². The van der Waals surface area contributed by atoms with Crippen LogP contribution in [0.3, 0.4) is 0 Å². The minimum Gasteiger partial charge on any atom is -0.429 e. The number of alkyl halides is 2. The number of halogens is 9. The van der Waals surface area contributed by atoms with E-state index in [0.29, 0.717) is 12.3 Å². The zero-order valence-corrected chi connectivity index (χ0v) is 17.8. The molecule has 184 valence electrons. The molecule has 0 radical (unpaired) electrons. The van der Waals surface area contributed by atoms with Crippen LogP contribution in [0.4, 0.5) is 39.5 Å². The summed E-state index contributed by atoms with van der Waals surface area (Å²) in [7, 11) is 0. The van der Waals surface area contributed by atoms with Gasteiger partial charge in [0.25, 0.3) is 0 Å². The quantitative estimate of drug-likeness (QED) is 0.195. The van der Waals surface area contributed by atoms with Crippen LogP contribution in [0.1, 0.15) is 34.7 Å². The molecule has 35 heavy (non-hydrogen) atoms. The summed E-state index contributed by atoms with van der Waals surface area (Å²) in [4.78, 5) is 0. The molecule has 0 aromatic heterocycles. The Labute approximate surface area is 193 Å². The average molecular weight is 502 g/mol. The van der Waals surface area contributed by atoms with E-state index in [1.165, 1.54) is 12.1 Å². The van der Waals surface area contributed by atoms with Crippen molar-refractivity contribution in [2.75, 3.05) is 0 Å². The van der Waals surface area contributed by atoms with Crippen LogP contribution >= 0.6 is 0 Å². The maximum atomic E-state index is 14.8. The lowest BCUT2D eigenvalue weighted by molar-refractivity contribution is -0.189. The Morgan fingerprint density at radius 3 is 1.89 bits per heavy atom. The predicted molar refractivity (Wildman–Crippen MR) is 109 cm³/mol. The van der Waals surface area contributed by atoms with Gasteiger partial charge in [0.1, 0.15) is 22.9 Å². The van der Waals surface area contributed by atoms with E-state index in [9.17, 15) is 39.5 Å². The molecule has 10 heteroatoms. The molecule has 0 aliphatic heterocycles. The summed E-state index contributed by atoms with van der Waals surface area (Å²) in [6, 6.07) is 4.69. The summed E-state index contributed by atoms with van der Waals surface area (Å²) < 4.78 is 131. The number of hydrogen-bond donors (Lipinski definition) is 0. The van der Waals surface area contributed by atoms with Crippen molar-refractivity contribution >= 4 is 11.7 Å². The number of ether oxygens (including phenoxy) is 1. The lowest BCUT2D eigenvalue weighted by atomic mass is 10.0. The minimum atomic E-state index is -4.85.